The van der Waals surface area contributed by atoms with Gasteiger partial charge in [-0.15, -0.1) is 0 Å². The number of rotatable bonds is 7. The summed E-state index contributed by atoms with van der Waals surface area (Å²) in [5.41, 5.74) is 2.94. The highest BCUT2D eigenvalue weighted by molar-refractivity contribution is 6.04. The Kier molecular flexibility index (Phi) is 6.03. The molecule has 0 spiro atoms. The quantitative estimate of drug-likeness (QED) is 0.469. The van der Waals surface area contributed by atoms with Crippen LogP contribution < -0.4 is 10.1 Å². The van der Waals surface area contributed by atoms with Crippen molar-refractivity contribution in [1.29, 1.82) is 0 Å². The molecule has 1 N–H and O–H groups in total. The zero-order valence-corrected chi connectivity index (χ0v) is 17.3. The summed E-state index contributed by atoms with van der Waals surface area (Å²) < 4.78 is 11.0. The highest BCUT2D eigenvalue weighted by Gasteiger charge is 2.14. The van der Waals surface area contributed by atoms with Crippen LogP contribution in [-0.2, 0) is 6.42 Å². The number of aromatic nitrogens is 3. The minimum atomic E-state index is -0.202. The number of carbonyl (C=O) groups is 1. The van der Waals surface area contributed by atoms with Crippen LogP contribution in [0.15, 0.2) is 77.6 Å². The van der Waals surface area contributed by atoms with Crippen LogP contribution >= 0.6 is 0 Å². The minimum absolute atomic E-state index is 0.0790. The maximum absolute atomic E-state index is 12.7. The Labute approximate surface area is 180 Å². The summed E-state index contributed by atoms with van der Waals surface area (Å²) in [6, 6.07) is 18.3. The molecule has 0 unspecified atom stereocenters. The number of anilines is 1. The summed E-state index contributed by atoms with van der Waals surface area (Å²) in [4.78, 5) is 21.2. The molecule has 0 bridgehead atoms. The number of nitrogens with one attached hydrogen (secondary N) is 1. The van der Waals surface area contributed by atoms with Gasteiger partial charge in [-0.2, -0.15) is 4.98 Å². The van der Waals surface area contributed by atoms with Gasteiger partial charge in [-0.1, -0.05) is 23.4 Å². The summed E-state index contributed by atoms with van der Waals surface area (Å²) in [6.45, 7) is 3.92. The van der Waals surface area contributed by atoms with E-state index in [2.05, 4.69) is 20.4 Å². The maximum atomic E-state index is 12.7. The van der Waals surface area contributed by atoms with Gasteiger partial charge in [0.1, 0.15) is 5.75 Å². The molecule has 2 aromatic carbocycles. The second-order valence-electron chi connectivity index (χ2n) is 7.23. The van der Waals surface area contributed by atoms with Crippen molar-refractivity contribution in [3.8, 4) is 17.1 Å². The first-order valence-corrected chi connectivity index (χ1v) is 9.97. The van der Waals surface area contributed by atoms with Crippen molar-refractivity contribution in [1.82, 2.24) is 15.1 Å². The zero-order chi connectivity index (χ0) is 21.6. The van der Waals surface area contributed by atoms with Crippen molar-refractivity contribution in [2.24, 2.45) is 0 Å². The Morgan fingerprint density at radius 3 is 2.52 bits per heavy atom. The number of hydrogen-bond donors (Lipinski definition) is 1. The minimum Gasteiger partial charge on any atom is -0.491 e. The normalized spacial score (nSPS) is 10.8. The van der Waals surface area contributed by atoms with Crippen LogP contribution in [-0.4, -0.2) is 27.1 Å². The number of benzene rings is 2. The monoisotopic (exact) mass is 414 g/mol. The molecule has 4 aromatic rings. The first-order chi connectivity index (χ1) is 15.1. The number of ether oxygens (including phenoxy) is 1. The molecule has 0 atom stereocenters. The molecule has 2 aromatic heterocycles. The van der Waals surface area contributed by atoms with Gasteiger partial charge in [-0.3, -0.25) is 9.78 Å². The lowest BCUT2D eigenvalue weighted by molar-refractivity contribution is 0.102. The van der Waals surface area contributed by atoms with Gasteiger partial charge in [0.05, 0.1) is 12.5 Å². The van der Waals surface area contributed by atoms with Gasteiger partial charge in [0.15, 0.2) is 0 Å². The fourth-order valence-electron chi connectivity index (χ4n) is 3.06. The van der Waals surface area contributed by atoms with Gasteiger partial charge in [0.2, 0.25) is 11.7 Å². The summed E-state index contributed by atoms with van der Waals surface area (Å²) in [7, 11) is 0. The summed E-state index contributed by atoms with van der Waals surface area (Å²) >= 11 is 0. The van der Waals surface area contributed by atoms with Gasteiger partial charge in [0, 0.05) is 29.2 Å². The predicted octanol–water partition coefficient (Wildman–Crippen LogP) is 4.76. The number of nitrogens with zero attached hydrogens (tertiary/aromatic N) is 3. The molecular weight excluding hydrogens is 392 g/mol. The van der Waals surface area contributed by atoms with Gasteiger partial charge < -0.3 is 14.6 Å². The molecule has 7 nitrogen and oxygen atoms in total. The molecule has 0 radical (unpaired) electrons. The average Bonchev–Trinajstić information content (AvgIpc) is 3.24. The molecule has 0 saturated heterocycles. The molecule has 0 fully saturated rings. The van der Waals surface area contributed by atoms with Gasteiger partial charge in [0.25, 0.3) is 5.91 Å². The Hall–Kier alpha value is -4.00. The second-order valence-corrected chi connectivity index (χ2v) is 7.23. The summed E-state index contributed by atoms with van der Waals surface area (Å²) in [5.74, 6) is 1.49. The van der Waals surface area contributed by atoms with Crippen LogP contribution in [0.3, 0.4) is 0 Å². The van der Waals surface area contributed by atoms with Crippen LogP contribution in [0.1, 0.15) is 35.7 Å². The van der Waals surface area contributed by atoms with E-state index in [1.54, 1.807) is 36.7 Å². The lowest BCUT2D eigenvalue weighted by Crippen LogP contribution is -2.13. The Morgan fingerprint density at radius 2 is 1.77 bits per heavy atom. The van der Waals surface area contributed by atoms with E-state index in [4.69, 9.17) is 9.26 Å². The third-order valence-electron chi connectivity index (χ3n) is 4.50. The fourth-order valence-corrected chi connectivity index (χ4v) is 3.06. The molecule has 156 valence electrons. The third-order valence-corrected chi connectivity index (χ3v) is 4.50. The van der Waals surface area contributed by atoms with Crippen molar-refractivity contribution >= 4 is 11.6 Å². The Morgan fingerprint density at radius 1 is 1.03 bits per heavy atom. The molecule has 0 aliphatic rings. The number of amides is 1. The molecule has 7 heteroatoms. The van der Waals surface area contributed by atoms with E-state index >= 15 is 0 Å². The summed E-state index contributed by atoms with van der Waals surface area (Å²) in [5, 5.41) is 7.00. The van der Waals surface area contributed by atoms with Crippen molar-refractivity contribution in [2.75, 3.05) is 5.32 Å². The SMILES string of the molecule is CC(C)Oc1ccc(C(=O)Nc2ccccc2Cc2nc(-c3ccncc3)no2)cc1. The van der Waals surface area contributed by atoms with Crippen LogP contribution in [0.5, 0.6) is 5.75 Å². The second kappa shape index (κ2) is 9.21. The lowest BCUT2D eigenvalue weighted by Gasteiger charge is -2.12. The number of carbonyl (C=O) groups excluding carboxylic acids is 1. The van der Waals surface area contributed by atoms with E-state index in [9.17, 15) is 4.79 Å². The van der Waals surface area contributed by atoms with Crippen molar-refractivity contribution < 1.29 is 14.1 Å². The van der Waals surface area contributed by atoms with Gasteiger partial charge >= 0.3 is 0 Å². The van der Waals surface area contributed by atoms with Crippen molar-refractivity contribution in [3.63, 3.8) is 0 Å². The molecule has 0 saturated carbocycles. The molecule has 4 rings (SSSR count). The molecule has 31 heavy (non-hydrogen) atoms. The van der Waals surface area contributed by atoms with E-state index in [0.29, 0.717) is 29.4 Å². The van der Waals surface area contributed by atoms with Crippen molar-refractivity contribution in [2.45, 2.75) is 26.4 Å². The number of pyridine rings is 1. The highest BCUT2D eigenvalue weighted by atomic mass is 16.5. The topological polar surface area (TPSA) is 90.1 Å². The fraction of sp³-hybridized carbons (Fsp3) is 0.167. The maximum Gasteiger partial charge on any atom is 0.255 e. The first kappa shape index (κ1) is 20.3. The van der Waals surface area contributed by atoms with Crippen LogP contribution in [0.2, 0.25) is 0 Å². The number of hydrogen-bond acceptors (Lipinski definition) is 6. The number of para-hydroxylation sites is 1. The van der Waals surface area contributed by atoms with E-state index in [1.807, 2.05) is 50.2 Å². The third kappa shape index (κ3) is 5.14. The smallest absolute Gasteiger partial charge is 0.255 e. The molecule has 1 amide bonds. The van der Waals surface area contributed by atoms with E-state index in [1.165, 1.54) is 0 Å². The van der Waals surface area contributed by atoms with E-state index in [-0.39, 0.29) is 12.0 Å². The Balaban J connectivity index is 1.47. The first-order valence-electron chi connectivity index (χ1n) is 9.97. The molecule has 2 heterocycles. The van der Waals surface area contributed by atoms with Crippen LogP contribution in [0.4, 0.5) is 5.69 Å². The Bertz CT molecular complexity index is 1150. The molecule has 0 aliphatic heterocycles. The highest BCUT2D eigenvalue weighted by Crippen LogP contribution is 2.22. The van der Waals surface area contributed by atoms with Crippen LogP contribution in [0, 0.1) is 0 Å². The predicted molar refractivity (Wildman–Crippen MR) is 117 cm³/mol. The largest absolute Gasteiger partial charge is 0.491 e. The van der Waals surface area contributed by atoms with E-state index < -0.39 is 0 Å². The molecule has 0 aliphatic carbocycles. The van der Waals surface area contributed by atoms with Gasteiger partial charge in [-0.05, 0) is 61.9 Å². The lowest BCUT2D eigenvalue weighted by atomic mass is 10.1. The standard InChI is InChI=1S/C24H22N4O3/c1-16(2)30-20-9-7-18(8-10-20)24(29)26-21-6-4-3-5-19(21)15-22-27-23(28-31-22)17-11-13-25-14-12-17/h3-14,16H,15H2,1-2H3,(H,26,29). The van der Waals surface area contributed by atoms with Gasteiger partial charge in [-0.25, -0.2) is 0 Å². The zero-order valence-electron chi connectivity index (χ0n) is 17.3. The van der Waals surface area contributed by atoms with E-state index in [0.717, 1.165) is 16.9 Å². The summed E-state index contributed by atoms with van der Waals surface area (Å²) in [6.07, 6.45) is 3.83. The van der Waals surface area contributed by atoms with Crippen LogP contribution in [0.25, 0.3) is 11.4 Å². The van der Waals surface area contributed by atoms with Crippen molar-refractivity contribution in [3.05, 3.63) is 90.1 Å². The average molecular weight is 414 g/mol. The molecular formula is C24H22N4O3.